The summed E-state index contributed by atoms with van der Waals surface area (Å²) in [4.78, 5) is 26.8. The third-order valence-electron chi connectivity index (χ3n) is 7.24. The molecule has 0 radical (unpaired) electrons. The first-order valence-corrected chi connectivity index (χ1v) is 13.0. The zero-order valence-electron chi connectivity index (χ0n) is 22.9. The van der Waals surface area contributed by atoms with Gasteiger partial charge < -0.3 is 4.90 Å². The minimum Gasteiger partial charge on any atom is -0.349 e. The molecule has 3 atom stereocenters. The van der Waals surface area contributed by atoms with E-state index in [9.17, 15) is 10.1 Å². The number of allylic oxidation sites excluding steroid dienone is 3. The summed E-state index contributed by atoms with van der Waals surface area (Å²) in [6, 6.07) is 6.26. The highest BCUT2D eigenvalue weighted by Gasteiger charge is 2.38. The molecular weight excluding hydrogens is 448 g/mol. The average molecular weight is 489 g/mol. The Labute approximate surface area is 215 Å². The molecular formula is C29H40N6O. The molecule has 0 bridgehead atoms. The summed E-state index contributed by atoms with van der Waals surface area (Å²) in [6.45, 7) is 18.9. The highest BCUT2D eigenvalue weighted by Crippen LogP contribution is 2.33. The second kappa shape index (κ2) is 11.7. The Hall–Kier alpha value is -3.24. The van der Waals surface area contributed by atoms with Gasteiger partial charge in [0, 0.05) is 38.3 Å². The minimum absolute atomic E-state index is 0.159. The topological polar surface area (TPSA) is 78.0 Å². The van der Waals surface area contributed by atoms with Crippen LogP contribution in [0.4, 0.5) is 5.82 Å². The number of piperazine rings is 1. The molecule has 1 aliphatic rings. The van der Waals surface area contributed by atoms with Gasteiger partial charge in [-0.2, -0.15) is 10.2 Å². The van der Waals surface area contributed by atoms with Gasteiger partial charge in [0.2, 0.25) is 0 Å². The largest absolute Gasteiger partial charge is 0.349 e. The number of rotatable bonds is 8. The van der Waals surface area contributed by atoms with Crippen molar-refractivity contribution in [3.63, 3.8) is 0 Å². The molecule has 3 rings (SSSR count). The van der Waals surface area contributed by atoms with Gasteiger partial charge in [0.05, 0.1) is 5.52 Å². The van der Waals surface area contributed by atoms with Gasteiger partial charge in [-0.25, -0.2) is 9.78 Å². The fraction of sp³-hybridized carbons (Fsp3) is 0.517. The van der Waals surface area contributed by atoms with E-state index in [1.807, 2.05) is 0 Å². The molecule has 0 N–H and O–H groups in total. The van der Waals surface area contributed by atoms with Gasteiger partial charge in [0.25, 0.3) is 0 Å². The van der Waals surface area contributed by atoms with Crippen LogP contribution >= 0.6 is 0 Å². The van der Waals surface area contributed by atoms with E-state index in [0.717, 1.165) is 37.9 Å². The maximum absolute atomic E-state index is 12.8. The van der Waals surface area contributed by atoms with Gasteiger partial charge >= 0.3 is 5.69 Å². The number of fused-ring (bicyclic) bond motifs is 1. The molecule has 1 aliphatic heterocycles. The summed E-state index contributed by atoms with van der Waals surface area (Å²) >= 11 is 0. The molecule has 0 saturated carbocycles. The lowest BCUT2D eigenvalue weighted by Crippen LogP contribution is -2.61. The maximum Gasteiger partial charge on any atom is 0.349 e. The number of anilines is 1. The molecule has 36 heavy (non-hydrogen) atoms. The first-order valence-electron chi connectivity index (χ1n) is 13.0. The molecule has 3 heterocycles. The van der Waals surface area contributed by atoms with Crippen molar-refractivity contribution >= 4 is 16.9 Å². The van der Waals surface area contributed by atoms with E-state index < -0.39 is 0 Å². The predicted octanol–water partition coefficient (Wildman–Crippen LogP) is 5.13. The van der Waals surface area contributed by atoms with Crippen LogP contribution in [-0.4, -0.2) is 50.7 Å². The molecule has 0 amide bonds. The lowest BCUT2D eigenvalue weighted by Gasteiger charge is -2.50. The Bertz CT molecular complexity index is 1280. The number of aromatic nitrogens is 3. The Balaban J connectivity index is 2.10. The average Bonchev–Trinajstić information content (AvgIpc) is 2.87. The fourth-order valence-electron chi connectivity index (χ4n) is 5.22. The third-order valence-corrected chi connectivity index (χ3v) is 7.24. The molecule has 192 valence electrons. The summed E-state index contributed by atoms with van der Waals surface area (Å²) in [6.07, 6.45) is 7.27. The van der Waals surface area contributed by atoms with Crippen LogP contribution in [0.25, 0.3) is 11.0 Å². The van der Waals surface area contributed by atoms with Crippen LogP contribution in [0.5, 0.6) is 0 Å². The van der Waals surface area contributed by atoms with Gasteiger partial charge in [-0.1, -0.05) is 50.6 Å². The monoisotopic (exact) mass is 488 g/mol. The zero-order chi connectivity index (χ0) is 26.6. The number of hydrogen-bond donors (Lipinski definition) is 0. The lowest BCUT2D eigenvalue weighted by atomic mass is 9.91. The van der Waals surface area contributed by atoms with E-state index in [1.54, 1.807) is 19.2 Å². The van der Waals surface area contributed by atoms with E-state index in [-0.39, 0.29) is 23.8 Å². The van der Waals surface area contributed by atoms with E-state index in [2.05, 4.69) is 86.1 Å². The third kappa shape index (κ3) is 5.44. The summed E-state index contributed by atoms with van der Waals surface area (Å²) in [5, 5.41) is 9.46. The lowest BCUT2D eigenvalue weighted by molar-refractivity contribution is 0.107. The molecule has 2 aromatic heterocycles. The number of aryl methyl sites for hydroxylation is 1. The fourth-order valence-corrected chi connectivity index (χ4v) is 5.22. The van der Waals surface area contributed by atoms with Crippen molar-refractivity contribution in [2.45, 2.75) is 78.9 Å². The SMILES string of the molecule is C=C(C)/C(=C\C=C(C)C)C(CC)N1CC(CC)N(c2nc(=O)n(C)c3ccc(C#N)nc23)CC1CC. The Kier molecular flexibility index (Phi) is 8.86. The van der Waals surface area contributed by atoms with E-state index >= 15 is 0 Å². The molecule has 2 aromatic rings. The van der Waals surface area contributed by atoms with Crippen molar-refractivity contribution in [1.29, 1.82) is 5.26 Å². The molecule has 3 unspecified atom stereocenters. The number of nitrogens with zero attached hydrogens (tertiary/aromatic N) is 6. The Morgan fingerprint density at radius 3 is 2.39 bits per heavy atom. The second-order valence-electron chi connectivity index (χ2n) is 10.00. The van der Waals surface area contributed by atoms with Crippen molar-refractivity contribution in [2.24, 2.45) is 7.05 Å². The standard InChI is InChI=1S/C29H40N6O/c1-9-22-18-35(28-27-26(33(8)29(36)32-28)15-13-21(16-30)31-27)23(10-2)17-34(22)25(11-3)24(20(6)7)14-12-19(4)5/h12-15,22-23,25H,6,9-11,17-18H2,1-5,7-8H3/b24-14+. The summed E-state index contributed by atoms with van der Waals surface area (Å²) < 4.78 is 1.50. The highest BCUT2D eigenvalue weighted by atomic mass is 16.1. The maximum atomic E-state index is 12.8. The molecule has 1 saturated heterocycles. The number of pyridine rings is 1. The van der Waals surface area contributed by atoms with Gasteiger partial charge in [-0.3, -0.25) is 9.47 Å². The summed E-state index contributed by atoms with van der Waals surface area (Å²) in [7, 11) is 1.70. The molecule has 1 fully saturated rings. The smallest absolute Gasteiger partial charge is 0.349 e. The van der Waals surface area contributed by atoms with Gasteiger partial charge in [-0.15, -0.1) is 0 Å². The summed E-state index contributed by atoms with van der Waals surface area (Å²) in [5.41, 5.74) is 4.94. The Morgan fingerprint density at radius 2 is 1.83 bits per heavy atom. The molecule has 0 aliphatic carbocycles. The highest BCUT2D eigenvalue weighted by molar-refractivity contribution is 5.86. The van der Waals surface area contributed by atoms with Crippen molar-refractivity contribution < 1.29 is 0 Å². The normalized spacial score (nSPS) is 19.7. The minimum atomic E-state index is -0.310. The predicted molar refractivity (Wildman–Crippen MR) is 148 cm³/mol. The van der Waals surface area contributed by atoms with Crippen molar-refractivity contribution in [3.05, 3.63) is 63.8 Å². The van der Waals surface area contributed by atoms with Crippen LogP contribution in [0.2, 0.25) is 0 Å². The van der Waals surface area contributed by atoms with Gasteiger partial charge in [0.1, 0.15) is 17.3 Å². The van der Waals surface area contributed by atoms with E-state index in [1.165, 1.54) is 15.7 Å². The second-order valence-corrected chi connectivity index (χ2v) is 10.00. The van der Waals surface area contributed by atoms with E-state index in [4.69, 9.17) is 0 Å². The van der Waals surface area contributed by atoms with Crippen LogP contribution < -0.4 is 10.6 Å². The summed E-state index contributed by atoms with van der Waals surface area (Å²) in [5.74, 6) is 0.586. The van der Waals surface area contributed by atoms with Crippen LogP contribution in [0.1, 0.15) is 66.5 Å². The van der Waals surface area contributed by atoms with E-state index in [0.29, 0.717) is 22.5 Å². The van der Waals surface area contributed by atoms with Crippen LogP contribution in [0, 0.1) is 11.3 Å². The Morgan fingerprint density at radius 1 is 1.14 bits per heavy atom. The zero-order valence-corrected chi connectivity index (χ0v) is 22.9. The number of hydrogen-bond acceptors (Lipinski definition) is 6. The van der Waals surface area contributed by atoms with Crippen molar-refractivity contribution in [2.75, 3.05) is 18.0 Å². The first kappa shape index (κ1) is 27.3. The first-order chi connectivity index (χ1) is 17.2. The van der Waals surface area contributed by atoms with Gasteiger partial charge in [0.15, 0.2) is 5.82 Å². The molecule has 7 heteroatoms. The van der Waals surface area contributed by atoms with Crippen LogP contribution in [-0.2, 0) is 7.05 Å². The van der Waals surface area contributed by atoms with Crippen molar-refractivity contribution in [1.82, 2.24) is 19.4 Å². The molecule has 0 spiro atoms. The van der Waals surface area contributed by atoms with Crippen LogP contribution in [0.15, 0.2) is 52.4 Å². The number of nitriles is 1. The quantitative estimate of drug-likeness (QED) is 0.480. The van der Waals surface area contributed by atoms with Gasteiger partial charge in [-0.05, 0) is 57.7 Å². The van der Waals surface area contributed by atoms with Crippen LogP contribution in [0.3, 0.4) is 0 Å². The molecule has 0 aromatic carbocycles. The van der Waals surface area contributed by atoms with Crippen molar-refractivity contribution in [3.8, 4) is 6.07 Å². The molecule has 7 nitrogen and oxygen atoms in total.